The molecule has 1 aromatic carbocycles. The minimum Gasteiger partial charge on any atom is -0.352 e. The molecule has 1 heterocycles. The van der Waals surface area contributed by atoms with E-state index >= 15 is 0 Å². The third-order valence-corrected chi connectivity index (χ3v) is 7.92. The molecular formula is C23H29ClN4OS. The molecule has 0 saturated heterocycles. The summed E-state index contributed by atoms with van der Waals surface area (Å²) in [5.41, 5.74) is 0.933. The number of carbonyl (C=O) groups excluding carboxylic acids is 1. The molecule has 30 heavy (non-hydrogen) atoms. The number of amides is 1. The number of nitrogens with one attached hydrogen (secondary N) is 1. The van der Waals surface area contributed by atoms with E-state index in [2.05, 4.69) is 29.0 Å². The summed E-state index contributed by atoms with van der Waals surface area (Å²) in [5, 5.41) is 13.1. The molecule has 0 spiro atoms. The van der Waals surface area contributed by atoms with Gasteiger partial charge in [0.05, 0.1) is 5.25 Å². The van der Waals surface area contributed by atoms with Gasteiger partial charge in [-0.05, 0) is 75.1 Å². The van der Waals surface area contributed by atoms with Crippen molar-refractivity contribution in [3.63, 3.8) is 0 Å². The monoisotopic (exact) mass is 444 g/mol. The van der Waals surface area contributed by atoms with Gasteiger partial charge in [0.1, 0.15) is 0 Å². The van der Waals surface area contributed by atoms with Crippen molar-refractivity contribution in [3.8, 4) is 11.4 Å². The second-order valence-electron chi connectivity index (χ2n) is 8.61. The molecule has 4 rings (SSSR count). The van der Waals surface area contributed by atoms with Crippen LogP contribution in [-0.2, 0) is 11.3 Å². The van der Waals surface area contributed by atoms with Crippen LogP contribution in [0.15, 0.2) is 42.1 Å². The van der Waals surface area contributed by atoms with Crippen LogP contribution in [0.3, 0.4) is 0 Å². The number of fused-ring (bicyclic) bond motifs is 2. The van der Waals surface area contributed by atoms with Crippen LogP contribution in [0, 0.1) is 17.8 Å². The number of rotatable bonds is 8. The molecule has 1 aromatic heterocycles. The van der Waals surface area contributed by atoms with E-state index in [1.165, 1.54) is 37.4 Å². The molecule has 2 fully saturated rings. The minimum atomic E-state index is -0.253. The molecular weight excluding hydrogens is 416 g/mol. The zero-order valence-electron chi connectivity index (χ0n) is 17.6. The number of carbonyl (C=O) groups is 1. The van der Waals surface area contributed by atoms with Crippen molar-refractivity contribution >= 4 is 29.3 Å². The Hall–Kier alpha value is -1.79. The van der Waals surface area contributed by atoms with E-state index in [0.717, 1.165) is 28.4 Å². The number of nitrogens with zero attached hydrogens (tertiary/aromatic N) is 3. The molecule has 2 bridgehead atoms. The van der Waals surface area contributed by atoms with Crippen molar-refractivity contribution < 1.29 is 4.79 Å². The molecule has 2 saturated carbocycles. The van der Waals surface area contributed by atoms with Gasteiger partial charge < -0.3 is 5.32 Å². The zero-order chi connectivity index (χ0) is 21.3. The van der Waals surface area contributed by atoms with Gasteiger partial charge in [-0.25, -0.2) is 0 Å². The highest BCUT2D eigenvalue weighted by atomic mass is 35.5. The Labute approximate surface area is 187 Å². The fraction of sp³-hybridized carbons (Fsp3) is 0.522. The third-order valence-electron chi connectivity index (χ3n) is 6.59. The van der Waals surface area contributed by atoms with E-state index in [4.69, 9.17) is 11.6 Å². The van der Waals surface area contributed by atoms with E-state index in [-0.39, 0.29) is 17.2 Å². The summed E-state index contributed by atoms with van der Waals surface area (Å²) < 4.78 is 1.99. The van der Waals surface area contributed by atoms with Crippen molar-refractivity contribution in [2.24, 2.45) is 17.8 Å². The molecule has 5 nitrogen and oxygen atoms in total. The first-order valence-corrected chi connectivity index (χ1v) is 12.0. The number of hydrogen-bond acceptors (Lipinski definition) is 4. The van der Waals surface area contributed by atoms with E-state index < -0.39 is 0 Å². The first-order valence-electron chi connectivity index (χ1n) is 10.7. The molecule has 5 atom stereocenters. The van der Waals surface area contributed by atoms with Gasteiger partial charge in [0.2, 0.25) is 5.91 Å². The molecule has 7 heteroatoms. The predicted molar refractivity (Wildman–Crippen MR) is 123 cm³/mol. The molecule has 2 aromatic rings. The molecule has 1 N–H and O–H groups in total. The van der Waals surface area contributed by atoms with Crippen LogP contribution in [0.4, 0.5) is 0 Å². The van der Waals surface area contributed by atoms with Crippen LogP contribution < -0.4 is 5.32 Å². The van der Waals surface area contributed by atoms with Crippen molar-refractivity contribution in [1.29, 1.82) is 0 Å². The van der Waals surface area contributed by atoms with Crippen LogP contribution in [0.2, 0.25) is 5.02 Å². The van der Waals surface area contributed by atoms with Crippen molar-refractivity contribution in [2.45, 2.75) is 62.5 Å². The summed E-state index contributed by atoms with van der Waals surface area (Å²) in [5.74, 6) is 3.13. The zero-order valence-corrected chi connectivity index (χ0v) is 19.1. The van der Waals surface area contributed by atoms with Crippen molar-refractivity contribution in [2.75, 3.05) is 0 Å². The summed E-state index contributed by atoms with van der Waals surface area (Å²) >= 11 is 7.45. The molecule has 0 aliphatic heterocycles. The summed E-state index contributed by atoms with van der Waals surface area (Å²) in [6, 6.07) is 7.75. The van der Waals surface area contributed by atoms with Crippen LogP contribution >= 0.6 is 23.4 Å². The Morgan fingerprint density at radius 1 is 1.30 bits per heavy atom. The van der Waals surface area contributed by atoms with Gasteiger partial charge in [-0.15, -0.1) is 16.8 Å². The Balaban J connectivity index is 1.43. The van der Waals surface area contributed by atoms with Crippen molar-refractivity contribution in [1.82, 2.24) is 20.1 Å². The Bertz CT molecular complexity index is 912. The van der Waals surface area contributed by atoms with E-state index in [1.54, 1.807) is 0 Å². The first-order chi connectivity index (χ1) is 14.5. The lowest BCUT2D eigenvalue weighted by atomic mass is 9.84. The molecule has 1 amide bonds. The highest BCUT2D eigenvalue weighted by Gasteiger charge is 2.42. The minimum absolute atomic E-state index is 0.0662. The van der Waals surface area contributed by atoms with E-state index in [9.17, 15) is 4.79 Å². The van der Waals surface area contributed by atoms with Gasteiger partial charge in [-0.2, -0.15) is 0 Å². The number of halogens is 1. The SMILES string of the molecule is C=CCn1c(SC(C)C(=O)NC(C)C2CC3CCC2C3)nnc1-c1ccc(Cl)cc1. The largest absolute Gasteiger partial charge is 0.352 e. The molecule has 2 aliphatic rings. The highest BCUT2D eigenvalue weighted by molar-refractivity contribution is 8.00. The van der Waals surface area contributed by atoms with Gasteiger partial charge in [0.15, 0.2) is 11.0 Å². The second kappa shape index (κ2) is 9.15. The first kappa shape index (κ1) is 21.4. The van der Waals surface area contributed by atoms with E-state index in [1.807, 2.05) is 41.8 Å². The van der Waals surface area contributed by atoms with Crippen LogP contribution in [0.5, 0.6) is 0 Å². The number of aromatic nitrogens is 3. The summed E-state index contributed by atoms with van der Waals surface area (Å²) in [6.07, 6.45) is 7.15. The highest BCUT2D eigenvalue weighted by Crippen LogP contribution is 2.49. The average molecular weight is 445 g/mol. The Morgan fingerprint density at radius 3 is 2.70 bits per heavy atom. The van der Waals surface area contributed by atoms with Crippen LogP contribution in [0.1, 0.15) is 39.5 Å². The van der Waals surface area contributed by atoms with Gasteiger partial charge in [-0.3, -0.25) is 9.36 Å². The number of hydrogen-bond donors (Lipinski definition) is 1. The van der Waals surface area contributed by atoms with Gasteiger partial charge in [-0.1, -0.05) is 35.9 Å². The Kier molecular flexibility index (Phi) is 6.54. The summed E-state index contributed by atoms with van der Waals surface area (Å²) in [4.78, 5) is 12.9. The van der Waals surface area contributed by atoms with Crippen molar-refractivity contribution in [3.05, 3.63) is 41.9 Å². The summed E-state index contributed by atoms with van der Waals surface area (Å²) in [7, 11) is 0. The van der Waals surface area contributed by atoms with Gasteiger partial charge >= 0.3 is 0 Å². The maximum atomic E-state index is 12.9. The second-order valence-corrected chi connectivity index (χ2v) is 10.4. The smallest absolute Gasteiger partial charge is 0.233 e. The van der Waals surface area contributed by atoms with Gasteiger partial charge in [0, 0.05) is 23.2 Å². The average Bonchev–Trinajstić information content (AvgIpc) is 3.45. The standard InChI is InChI=1S/C23H29ClN4OS/c1-4-11-28-21(17-7-9-19(24)10-8-17)26-27-23(28)30-15(3)22(29)25-14(2)20-13-16-5-6-18(20)12-16/h4,7-10,14-16,18,20H,1,5-6,11-13H2,2-3H3,(H,25,29). The quantitative estimate of drug-likeness (QED) is 0.448. The third kappa shape index (κ3) is 4.45. The molecule has 160 valence electrons. The van der Waals surface area contributed by atoms with Crippen LogP contribution in [0.25, 0.3) is 11.4 Å². The molecule has 0 radical (unpaired) electrons. The molecule has 2 aliphatic carbocycles. The Morgan fingerprint density at radius 2 is 2.07 bits per heavy atom. The lowest BCUT2D eigenvalue weighted by molar-refractivity contribution is -0.121. The fourth-order valence-corrected chi connectivity index (χ4v) is 6.04. The normalized spacial score (nSPS) is 24.6. The summed E-state index contributed by atoms with van der Waals surface area (Å²) in [6.45, 7) is 8.53. The topological polar surface area (TPSA) is 59.8 Å². The lowest BCUT2D eigenvalue weighted by Crippen LogP contribution is -2.43. The van der Waals surface area contributed by atoms with Gasteiger partial charge in [0.25, 0.3) is 0 Å². The maximum absolute atomic E-state index is 12.9. The number of benzene rings is 1. The lowest BCUT2D eigenvalue weighted by Gasteiger charge is -2.29. The van der Waals surface area contributed by atoms with Crippen LogP contribution in [-0.4, -0.2) is 32.0 Å². The maximum Gasteiger partial charge on any atom is 0.233 e. The molecule has 5 unspecified atom stereocenters. The fourth-order valence-electron chi connectivity index (χ4n) is 5.05. The number of thioether (sulfide) groups is 1. The number of allylic oxidation sites excluding steroid dienone is 1. The predicted octanol–water partition coefficient (Wildman–Crippen LogP) is 5.21. The van der Waals surface area contributed by atoms with E-state index in [0.29, 0.717) is 17.5 Å².